The van der Waals surface area contributed by atoms with Gasteiger partial charge < -0.3 is 10.2 Å². The molecule has 0 amide bonds. The van der Waals surface area contributed by atoms with Gasteiger partial charge in [0.15, 0.2) is 0 Å². The van der Waals surface area contributed by atoms with Gasteiger partial charge in [-0.1, -0.05) is 18.5 Å². The number of nitrogens with zero attached hydrogens (tertiary/aromatic N) is 3. The summed E-state index contributed by atoms with van der Waals surface area (Å²) in [6.45, 7) is 5.09. The molecule has 1 saturated heterocycles. The second kappa shape index (κ2) is 8.42. The largest absolute Gasteiger partial charge is 0.308 e. The number of aromatic nitrogens is 2. The lowest BCUT2D eigenvalue weighted by molar-refractivity contribution is 0.360. The van der Waals surface area contributed by atoms with Gasteiger partial charge in [-0.15, -0.1) is 0 Å². The third-order valence-corrected chi connectivity index (χ3v) is 5.59. The van der Waals surface area contributed by atoms with Crippen molar-refractivity contribution in [3.8, 4) is 0 Å². The fourth-order valence-electron chi connectivity index (χ4n) is 2.72. The van der Waals surface area contributed by atoms with E-state index in [1.54, 1.807) is 6.20 Å². The summed E-state index contributed by atoms with van der Waals surface area (Å²) in [5.74, 6) is 1.26. The van der Waals surface area contributed by atoms with Crippen molar-refractivity contribution in [3.05, 3.63) is 16.9 Å². The quantitative estimate of drug-likeness (QED) is 0.794. The highest BCUT2D eigenvalue weighted by molar-refractivity contribution is 8.00. The number of halogens is 1. The monoisotopic (exact) mass is 330 g/mol. The minimum absolute atomic E-state index is 0.314. The van der Waals surface area contributed by atoms with Gasteiger partial charge in [0.25, 0.3) is 0 Å². The molecule has 120 valence electrons. The summed E-state index contributed by atoms with van der Waals surface area (Å²) in [5.41, 5.74) is 1.17. The van der Waals surface area contributed by atoms with Crippen molar-refractivity contribution in [2.24, 2.45) is 0 Å². The van der Waals surface area contributed by atoms with Crippen LogP contribution < -0.4 is 5.32 Å². The first-order valence-corrected chi connectivity index (χ1v) is 9.27. The molecular weight excluding hydrogens is 304 g/mol. The first-order chi connectivity index (χ1) is 10.1. The zero-order valence-electron chi connectivity index (χ0n) is 13.3. The Labute approximate surface area is 137 Å². The van der Waals surface area contributed by atoms with Crippen LogP contribution in [-0.2, 0) is 6.54 Å². The van der Waals surface area contributed by atoms with Crippen molar-refractivity contribution in [3.63, 3.8) is 0 Å². The Hall–Kier alpha value is -0.230. The number of likely N-dealkylation sites (N-methyl/N-ethyl adjacent to an activating group) is 1. The Morgan fingerprint density at radius 3 is 3.00 bits per heavy atom. The molecule has 6 heteroatoms. The molecule has 1 fully saturated rings. The summed E-state index contributed by atoms with van der Waals surface area (Å²) in [7, 11) is 4.18. The maximum Gasteiger partial charge on any atom is 0.0834 e. The summed E-state index contributed by atoms with van der Waals surface area (Å²) in [6, 6.07) is 0.314. The van der Waals surface area contributed by atoms with Crippen molar-refractivity contribution in [2.75, 3.05) is 32.9 Å². The highest BCUT2D eigenvalue weighted by atomic mass is 35.5. The van der Waals surface area contributed by atoms with E-state index >= 15 is 0 Å². The predicted octanol–water partition coefficient (Wildman–Crippen LogP) is 3.03. The van der Waals surface area contributed by atoms with Crippen molar-refractivity contribution in [1.29, 1.82) is 0 Å². The Morgan fingerprint density at radius 2 is 2.38 bits per heavy atom. The van der Waals surface area contributed by atoms with E-state index in [1.807, 2.05) is 0 Å². The van der Waals surface area contributed by atoms with E-state index in [4.69, 9.17) is 11.6 Å². The number of nitrogens with one attached hydrogen (secondary N) is 1. The van der Waals surface area contributed by atoms with Crippen LogP contribution in [0.15, 0.2) is 6.20 Å². The zero-order valence-corrected chi connectivity index (χ0v) is 14.9. The maximum atomic E-state index is 6.47. The summed E-state index contributed by atoms with van der Waals surface area (Å²) in [4.78, 5) is 2.18. The molecule has 2 heterocycles. The van der Waals surface area contributed by atoms with E-state index < -0.39 is 0 Å². The number of thioether (sulfide) groups is 1. The van der Waals surface area contributed by atoms with Gasteiger partial charge in [-0.25, -0.2) is 0 Å². The van der Waals surface area contributed by atoms with E-state index in [0.717, 1.165) is 31.1 Å². The molecule has 0 spiro atoms. The fourth-order valence-corrected chi connectivity index (χ4v) is 4.37. The standard InChI is InChI=1S/C15H27ClN4S/c1-4-7-17-14(13-6-5-10-21-13)15-12(16)11-18-20(15)9-8-19(2)3/h11,13-14,17H,4-10H2,1-3H3. The highest BCUT2D eigenvalue weighted by Gasteiger charge is 2.30. The minimum atomic E-state index is 0.314. The van der Waals surface area contributed by atoms with Crippen LogP contribution in [0.4, 0.5) is 0 Å². The van der Waals surface area contributed by atoms with E-state index in [-0.39, 0.29) is 0 Å². The topological polar surface area (TPSA) is 33.1 Å². The lowest BCUT2D eigenvalue weighted by Gasteiger charge is -2.26. The Bertz CT molecular complexity index is 429. The van der Waals surface area contributed by atoms with Gasteiger partial charge in [-0.05, 0) is 45.7 Å². The molecule has 1 N–H and O–H groups in total. The molecule has 0 aromatic carbocycles. The van der Waals surface area contributed by atoms with Gasteiger partial charge in [0, 0.05) is 11.8 Å². The van der Waals surface area contributed by atoms with Crippen LogP contribution in [0.5, 0.6) is 0 Å². The Morgan fingerprint density at radius 1 is 1.57 bits per heavy atom. The second-order valence-electron chi connectivity index (χ2n) is 5.89. The smallest absolute Gasteiger partial charge is 0.0834 e. The maximum absolute atomic E-state index is 6.47. The van der Waals surface area contributed by atoms with E-state index in [9.17, 15) is 0 Å². The van der Waals surface area contributed by atoms with Gasteiger partial charge >= 0.3 is 0 Å². The Balaban J connectivity index is 2.18. The van der Waals surface area contributed by atoms with E-state index in [1.165, 1.54) is 24.3 Å². The summed E-state index contributed by atoms with van der Waals surface area (Å²) in [5, 5.41) is 9.62. The van der Waals surface area contributed by atoms with E-state index in [0.29, 0.717) is 11.3 Å². The third-order valence-electron chi connectivity index (χ3n) is 3.84. The van der Waals surface area contributed by atoms with Crippen LogP contribution in [0, 0.1) is 0 Å². The molecule has 0 aliphatic carbocycles. The molecule has 1 aliphatic rings. The SMILES string of the molecule is CCCNC(c1c(Cl)cnn1CCN(C)C)C1CCCS1. The number of hydrogen-bond acceptors (Lipinski definition) is 4. The molecule has 0 radical (unpaired) electrons. The normalized spacial score (nSPS) is 20.3. The molecule has 0 bridgehead atoms. The third kappa shape index (κ3) is 4.62. The molecular formula is C15H27ClN4S. The van der Waals surface area contributed by atoms with Gasteiger partial charge in [0.2, 0.25) is 0 Å². The van der Waals surface area contributed by atoms with Gasteiger partial charge in [-0.3, -0.25) is 4.68 Å². The molecule has 2 atom stereocenters. The first-order valence-electron chi connectivity index (χ1n) is 7.84. The molecule has 0 saturated carbocycles. The molecule has 4 nitrogen and oxygen atoms in total. The van der Waals surface area contributed by atoms with Crippen LogP contribution in [0.2, 0.25) is 5.02 Å². The van der Waals surface area contributed by atoms with Gasteiger partial charge in [0.1, 0.15) is 0 Å². The lowest BCUT2D eigenvalue weighted by Crippen LogP contribution is -2.33. The van der Waals surface area contributed by atoms with Crippen molar-refractivity contribution < 1.29 is 0 Å². The minimum Gasteiger partial charge on any atom is -0.308 e. The lowest BCUT2D eigenvalue weighted by atomic mass is 10.1. The fraction of sp³-hybridized carbons (Fsp3) is 0.800. The summed E-state index contributed by atoms with van der Waals surface area (Å²) in [6.07, 6.45) is 5.51. The van der Waals surface area contributed by atoms with Crippen LogP contribution >= 0.6 is 23.4 Å². The van der Waals surface area contributed by atoms with Crippen molar-refractivity contribution >= 4 is 23.4 Å². The molecule has 1 aliphatic heterocycles. The molecule has 2 unspecified atom stereocenters. The van der Waals surface area contributed by atoms with Crippen molar-refractivity contribution in [1.82, 2.24) is 20.0 Å². The summed E-state index contributed by atoms with van der Waals surface area (Å²) < 4.78 is 2.09. The van der Waals surface area contributed by atoms with Crippen molar-refractivity contribution in [2.45, 2.75) is 44.0 Å². The average molecular weight is 331 g/mol. The molecule has 1 aromatic rings. The van der Waals surface area contributed by atoms with Crippen LogP contribution in [0.3, 0.4) is 0 Å². The van der Waals surface area contributed by atoms with Crippen LogP contribution in [0.1, 0.15) is 37.9 Å². The van der Waals surface area contributed by atoms with Crippen LogP contribution in [0.25, 0.3) is 0 Å². The second-order valence-corrected chi connectivity index (χ2v) is 7.64. The Kier molecular flexibility index (Phi) is 6.86. The highest BCUT2D eigenvalue weighted by Crippen LogP contribution is 2.38. The van der Waals surface area contributed by atoms with Crippen LogP contribution in [-0.4, -0.2) is 52.9 Å². The predicted molar refractivity (Wildman–Crippen MR) is 92.3 cm³/mol. The summed E-state index contributed by atoms with van der Waals surface area (Å²) >= 11 is 8.53. The van der Waals surface area contributed by atoms with Gasteiger partial charge in [-0.2, -0.15) is 16.9 Å². The molecule has 2 rings (SSSR count). The first kappa shape index (κ1) is 17.1. The molecule has 1 aromatic heterocycles. The van der Waals surface area contributed by atoms with Gasteiger partial charge in [0.05, 0.1) is 29.5 Å². The molecule has 21 heavy (non-hydrogen) atoms. The zero-order chi connectivity index (χ0) is 15.2. The van der Waals surface area contributed by atoms with E-state index in [2.05, 4.69) is 52.8 Å². The number of rotatable bonds is 8. The number of hydrogen-bond donors (Lipinski definition) is 1. The average Bonchev–Trinajstić information content (AvgIpc) is 3.09.